The molecule has 0 radical (unpaired) electrons. The molecule has 7 nitrogen and oxygen atoms in total. The number of likely N-dealkylation sites (tertiary alicyclic amines) is 3. The van der Waals surface area contributed by atoms with Crippen LogP contribution in [0.25, 0.3) is 0 Å². The fraction of sp³-hybridized carbons (Fsp3) is 0.769. The van der Waals surface area contributed by atoms with Gasteiger partial charge in [-0.15, -0.1) is 0 Å². The summed E-state index contributed by atoms with van der Waals surface area (Å²) in [7, 11) is 0. The molecule has 3 saturated heterocycles. The molecule has 0 bridgehead atoms. The van der Waals surface area contributed by atoms with Gasteiger partial charge in [0, 0.05) is 38.8 Å². The summed E-state index contributed by atoms with van der Waals surface area (Å²) in [6.07, 6.45) is -18.3. The van der Waals surface area contributed by atoms with E-state index in [1.807, 2.05) is 4.90 Å². The number of carbonyl (C=O) groups is 2. The number of alkyl halides is 9. The Hall–Kier alpha value is -2.49. The third kappa shape index (κ3) is 7.17. The van der Waals surface area contributed by atoms with Gasteiger partial charge in [-0.05, 0) is 56.2 Å². The number of carbonyl (C=O) groups excluding carboxylic acids is 1. The van der Waals surface area contributed by atoms with Gasteiger partial charge in [-0.2, -0.15) is 39.5 Å². The van der Waals surface area contributed by atoms with Crippen molar-refractivity contribution in [3.05, 3.63) is 23.3 Å². The summed E-state index contributed by atoms with van der Waals surface area (Å²) < 4.78 is 122. The van der Waals surface area contributed by atoms with Gasteiger partial charge in [0.2, 0.25) is 0 Å². The number of amides is 1. The van der Waals surface area contributed by atoms with Crippen LogP contribution >= 0.6 is 0 Å². The summed E-state index contributed by atoms with van der Waals surface area (Å²) in [5, 5.41) is 9.33. The molecule has 1 aliphatic carbocycles. The summed E-state index contributed by atoms with van der Waals surface area (Å²) in [4.78, 5) is 28.1. The first kappa shape index (κ1) is 32.4. The van der Waals surface area contributed by atoms with Gasteiger partial charge in [-0.3, -0.25) is 14.6 Å². The Labute approximate surface area is 235 Å². The lowest BCUT2D eigenvalue weighted by molar-refractivity contribution is -0.308. The second kappa shape index (κ2) is 11.5. The molecule has 3 fully saturated rings. The zero-order valence-corrected chi connectivity index (χ0v) is 22.7. The molecule has 16 heteroatoms. The summed E-state index contributed by atoms with van der Waals surface area (Å²) >= 11 is 0. The van der Waals surface area contributed by atoms with Crippen molar-refractivity contribution in [2.45, 2.75) is 63.3 Å². The maximum Gasteiger partial charge on any atom is 0.434 e. The smallest absolute Gasteiger partial charge is 0.434 e. The van der Waals surface area contributed by atoms with Crippen molar-refractivity contribution in [3.63, 3.8) is 0 Å². The lowest BCUT2D eigenvalue weighted by Crippen LogP contribution is -2.50. The average Bonchev–Trinajstić information content (AvgIpc) is 3.50. The second-order valence-corrected chi connectivity index (χ2v) is 11.7. The number of hydrogen-bond acceptors (Lipinski definition) is 5. The predicted octanol–water partition coefficient (Wildman–Crippen LogP) is 5.24. The second-order valence-electron chi connectivity index (χ2n) is 11.7. The molecule has 238 valence electrons. The van der Waals surface area contributed by atoms with Crippen molar-refractivity contribution in [1.29, 1.82) is 0 Å². The molecule has 0 saturated carbocycles. The van der Waals surface area contributed by atoms with Crippen LogP contribution in [0.1, 0.15) is 32.6 Å². The number of piperidine rings is 1. The normalized spacial score (nSPS) is 27.9. The average molecular weight is 622 g/mol. The number of carboxylic acid groups (broad SMARTS) is 1. The first-order chi connectivity index (χ1) is 19.3. The highest BCUT2D eigenvalue weighted by Crippen LogP contribution is 2.43. The van der Waals surface area contributed by atoms with Gasteiger partial charge < -0.3 is 14.7 Å². The van der Waals surface area contributed by atoms with E-state index in [1.165, 1.54) is 0 Å². The van der Waals surface area contributed by atoms with Crippen molar-refractivity contribution < 1.29 is 58.9 Å². The number of hydrogen-bond donors (Lipinski definition) is 1. The molecule has 3 heterocycles. The third-order valence-electron chi connectivity index (χ3n) is 8.93. The largest absolute Gasteiger partial charge is 0.481 e. The standard InChI is InChI=1S/C26H32F9N3O4/c1-15-17(10-18(24(27,28)29)11-19(15)38-6-2-16(13-38)20(39)40)12-36-7-3-23(14-36)4-8-37(9-5-23)22(41)42-21(25(30,31)32)26(33,34)35/h10-11,15-16,19,21H,2-9,12-14H2,1H3,(H,39,40). The van der Waals surface area contributed by atoms with Crippen molar-refractivity contribution in [1.82, 2.24) is 14.7 Å². The molecule has 0 aromatic heterocycles. The highest BCUT2D eigenvalue weighted by atomic mass is 19.4. The van der Waals surface area contributed by atoms with Gasteiger partial charge in [0.25, 0.3) is 6.10 Å². The van der Waals surface area contributed by atoms with Gasteiger partial charge in [0.1, 0.15) is 0 Å². The molecule has 4 rings (SSSR count). The Kier molecular flexibility index (Phi) is 8.91. The summed E-state index contributed by atoms with van der Waals surface area (Å²) in [5.41, 5.74) is -0.651. The van der Waals surface area contributed by atoms with Crippen LogP contribution in [0, 0.1) is 17.3 Å². The van der Waals surface area contributed by atoms with E-state index in [2.05, 4.69) is 4.74 Å². The quantitative estimate of drug-likeness (QED) is 0.424. The van der Waals surface area contributed by atoms with E-state index in [1.54, 1.807) is 11.8 Å². The highest BCUT2D eigenvalue weighted by Gasteiger charge is 2.60. The minimum Gasteiger partial charge on any atom is -0.481 e. The van der Waals surface area contributed by atoms with Crippen LogP contribution in [0.2, 0.25) is 0 Å². The van der Waals surface area contributed by atoms with Crippen molar-refractivity contribution in [3.8, 4) is 0 Å². The predicted molar refractivity (Wildman–Crippen MR) is 129 cm³/mol. The zero-order valence-electron chi connectivity index (χ0n) is 22.7. The Morgan fingerprint density at radius 3 is 2.12 bits per heavy atom. The highest BCUT2D eigenvalue weighted by molar-refractivity contribution is 5.70. The van der Waals surface area contributed by atoms with Gasteiger partial charge >= 0.3 is 30.6 Å². The Balaban J connectivity index is 1.38. The van der Waals surface area contributed by atoms with E-state index < -0.39 is 59.6 Å². The first-order valence-corrected chi connectivity index (χ1v) is 13.6. The van der Waals surface area contributed by atoms with Crippen LogP contribution in [-0.4, -0.2) is 108 Å². The molecular weight excluding hydrogens is 589 g/mol. The molecule has 1 amide bonds. The van der Waals surface area contributed by atoms with E-state index in [9.17, 15) is 54.2 Å². The van der Waals surface area contributed by atoms with Crippen LogP contribution < -0.4 is 0 Å². The van der Waals surface area contributed by atoms with Crippen molar-refractivity contribution >= 4 is 12.1 Å². The molecule has 4 aliphatic rings. The minimum absolute atomic E-state index is 0.114. The van der Waals surface area contributed by atoms with Crippen LogP contribution in [0.5, 0.6) is 0 Å². The number of halogens is 9. The summed E-state index contributed by atoms with van der Waals surface area (Å²) in [6, 6.07) is -0.631. The fourth-order valence-corrected chi connectivity index (χ4v) is 6.46. The lowest BCUT2D eigenvalue weighted by atomic mass is 9.78. The van der Waals surface area contributed by atoms with E-state index in [4.69, 9.17) is 0 Å². The molecule has 1 N–H and O–H groups in total. The Morgan fingerprint density at radius 2 is 1.60 bits per heavy atom. The van der Waals surface area contributed by atoms with Gasteiger partial charge in [0.05, 0.1) is 11.5 Å². The Morgan fingerprint density at radius 1 is 1.00 bits per heavy atom. The fourth-order valence-electron chi connectivity index (χ4n) is 6.46. The zero-order chi connectivity index (χ0) is 31.3. The summed E-state index contributed by atoms with van der Waals surface area (Å²) in [6.45, 7) is 3.26. The molecule has 0 aromatic rings. The van der Waals surface area contributed by atoms with Crippen LogP contribution in [-0.2, 0) is 9.53 Å². The molecule has 0 aromatic carbocycles. The lowest BCUT2D eigenvalue weighted by Gasteiger charge is -2.40. The number of nitrogens with zero attached hydrogens (tertiary/aromatic N) is 3. The van der Waals surface area contributed by atoms with E-state index in [0.717, 1.165) is 17.1 Å². The van der Waals surface area contributed by atoms with E-state index in [-0.39, 0.29) is 44.9 Å². The summed E-state index contributed by atoms with van der Waals surface area (Å²) in [5.74, 6) is -1.96. The SMILES string of the molecule is CC1C(CN2CCC3(CCN(C(=O)OC(C(F)(F)F)C(F)(F)F)CC3)C2)=CC(C(F)(F)F)=CC1N1CCC(C(=O)O)C1. The molecule has 3 unspecified atom stereocenters. The molecule has 42 heavy (non-hydrogen) atoms. The van der Waals surface area contributed by atoms with Crippen LogP contribution in [0.15, 0.2) is 23.3 Å². The first-order valence-electron chi connectivity index (χ1n) is 13.6. The number of allylic oxidation sites excluding steroid dienone is 2. The van der Waals surface area contributed by atoms with Crippen LogP contribution in [0.4, 0.5) is 44.3 Å². The minimum atomic E-state index is -5.81. The van der Waals surface area contributed by atoms with Gasteiger partial charge in [-0.1, -0.05) is 18.6 Å². The molecule has 3 atom stereocenters. The van der Waals surface area contributed by atoms with E-state index >= 15 is 0 Å². The number of carboxylic acids is 1. The Bertz CT molecular complexity index is 1080. The topological polar surface area (TPSA) is 73.3 Å². The number of aliphatic carboxylic acids is 1. The molecule has 3 aliphatic heterocycles. The van der Waals surface area contributed by atoms with Gasteiger partial charge in [0.15, 0.2) is 0 Å². The monoisotopic (exact) mass is 621 g/mol. The van der Waals surface area contributed by atoms with Crippen LogP contribution in [0.3, 0.4) is 0 Å². The molecule has 1 spiro atoms. The van der Waals surface area contributed by atoms with E-state index in [0.29, 0.717) is 38.0 Å². The van der Waals surface area contributed by atoms with Gasteiger partial charge in [-0.25, -0.2) is 4.79 Å². The number of rotatable bonds is 5. The van der Waals surface area contributed by atoms with Crippen molar-refractivity contribution in [2.24, 2.45) is 17.3 Å². The number of ether oxygens (including phenoxy) is 1. The maximum absolute atomic E-state index is 13.8. The third-order valence-corrected chi connectivity index (χ3v) is 8.93. The van der Waals surface area contributed by atoms with Crippen molar-refractivity contribution in [2.75, 3.05) is 45.8 Å². The molecular formula is C26H32F9N3O4. The maximum atomic E-state index is 13.8.